The van der Waals surface area contributed by atoms with Crippen molar-refractivity contribution in [3.8, 4) is 0 Å². The van der Waals surface area contributed by atoms with Crippen molar-refractivity contribution in [2.24, 2.45) is 0 Å². The number of hydrogen-bond acceptors (Lipinski definition) is 3. The van der Waals surface area contributed by atoms with E-state index in [-0.39, 0.29) is 41.2 Å². The van der Waals surface area contributed by atoms with Crippen molar-refractivity contribution in [2.75, 3.05) is 26.2 Å². The number of carbonyl (C=O) groups is 1. The summed E-state index contributed by atoms with van der Waals surface area (Å²) in [4.78, 5) is 17.7. The van der Waals surface area contributed by atoms with Crippen LogP contribution in [0.25, 0.3) is 10.9 Å². The molecular weight excluding hydrogens is 452 g/mol. The Morgan fingerprint density at radius 3 is 2.47 bits per heavy atom. The fraction of sp³-hybridized carbons (Fsp3) is 0.250. The maximum atomic E-state index is 13.1. The highest BCUT2D eigenvalue weighted by atomic mass is 35.5. The van der Waals surface area contributed by atoms with Gasteiger partial charge in [-0.15, -0.1) is 0 Å². The van der Waals surface area contributed by atoms with Gasteiger partial charge in [0.1, 0.15) is 11.5 Å². The first-order chi connectivity index (χ1) is 14.3. The Morgan fingerprint density at radius 2 is 1.73 bits per heavy atom. The molecule has 0 atom stereocenters. The first-order valence-electron chi connectivity index (χ1n) is 9.29. The van der Waals surface area contributed by atoms with E-state index in [9.17, 15) is 17.6 Å². The molecule has 1 aliphatic heterocycles. The van der Waals surface area contributed by atoms with Crippen LogP contribution < -0.4 is 0 Å². The lowest BCUT2D eigenvalue weighted by molar-refractivity contribution is 0.0759. The summed E-state index contributed by atoms with van der Waals surface area (Å²) >= 11 is 12.4. The van der Waals surface area contributed by atoms with E-state index in [4.69, 9.17) is 23.2 Å². The van der Waals surface area contributed by atoms with Crippen LogP contribution in [-0.2, 0) is 10.0 Å². The largest absolute Gasteiger partial charge is 0.349 e. The number of fused-ring (bicyclic) bond motifs is 1. The first kappa shape index (κ1) is 21.1. The molecule has 1 amide bonds. The maximum absolute atomic E-state index is 13.1. The van der Waals surface area contributed by atoms with Gasteiger partial charge in [0.2, 0.25) is 10.0 Å². The third-order valence-electron chi connectivity index (χ3n) is 5.10. The number of benzene rings is 2. The minimum Gasteiger partial charge on any atom is -0.349 e. The van der Waals surface area contributed by atoms with Crippen LogP contribution in [0.5, 0.6) is 0 Å². The summed E-state index contributed by atoms with van der Waals surface area (Å²) in [7, 11) is -3.77. The second kappa shape index (κ2) is 8.19. The molecule has 0 radical (unpaired) electrons. The van der Waals surface area contributed by atoms with Crippen molar-refractivity contribution in [1.82, 2.24) is 14.2 Å². The zero-order valence-electron chi connectivity index (χ0n) is 15.7. The number of halogens is 3. The Morgan fingerprint density at radius 1 is 1.00 bits per heavy atom. The molecule has 0 bridgehead atoms. The molecule has 2 heterocycles. The van der Waals surface area contributed by atoms with Gasteiger partial charge < -0.3 is 9.88 Å². The van der Waals surface area contributed by atoms with Crippen LogP contribution >= 0.6 is 23.2 Å². The minimum absolute atomic E-state index is 0.0271. The molecule has 0 aliphatic carbocycles. The first-order valence-corrected chi connectivity index (χ1v) is 11.5. The molecule has 0 spiro atoms. The number of nitrogens with one attached hydrogen (secondary N) is 1. The third-order valence-corrected chi connectivity index (χ3v) is 7.65. The highest BCUT2D eigenvalue weighted by molar-refractivity contribution is 7.89. The summed E-state index contributed by atoms with van der Waals surface area (Å²) in [5.41, 5.74) is 0.951. The van der Waals surface area contributed by atoms with Crippen LogP contribution in [0.1, 0.15) is 16.9 Å². The molecule has 3 aromatic rings. The van der Waals surface area contributed by atoms with Gasteiger partial charge in [-0.1, -0.05) is 23.2 Å². The van der Waals surface area contributed by atoms with Gasteiger partial charge in [0.15, 0.2) is 0 Å². The van der Waals surface area contributed by atoms with Gasteiger partial charge in [-0.05, 0) is 48.9 Å². The van der Waals surface area contributed by atoms with Gasteiger partial charge in [-0.3, -0.25) is 4.79 Å². The zero-order valence-corrected chi connectivity index (χ0v) is 18.1. The van der Waals surface area contributed by atoms with E-state index in [1.54, 1.807) is 23.1 Å². The van der Waals surface area contributed by atoms with Crippen LogP contribution in [0.4, 0.5) is 4.39 Å². The molecule has 158 valence electrons. The average molecular weight is 470 g/mol. The molecular formula is C20H18Cl2FN3O3S. The van der Waals surface area contributed by atoms with E-state index < -0.39 is 15.8 Å². The van der Waals surface area contributed by atoms with Gasteiger partial charge >= 0.3 is 0 Å². The van der Waals surface area contributed by atoms with Gasteiger partial charge in [-0.2, -0.15) is 4.31 Å². The summed E-state index contributed by atoms with van der Waals surface area (Å²) in [5, 5.41) is 1.46. The summed E-state index contributed by atoms with van der Waals surface area (Å²) < 4.78 is 40.2. The van der Waals surface area contributed by atoms with Crippen LogP contribution in [0, 0.1) is 5.82 Å². The Labute approximate surface area is 183 Å². The fourth-order valence-electron chi connectivity index (χ4n) is 3.53. The summed E-state index contributed by atoms with van der Waals surface area (Å²) in [5.74, 6) is -0.800. The van der Waals surface area contributed by atoms with E-state index >= 15 is 0 Å². The topological polar surface area (TPSA) is 73.5 Å². The number of rotatable bonds is 3. The number of sulfonamides is 1. The summed E-state index contributed by atoms with van der Waals surface area (Å²) in [6, 6.07) is 9.86. The fourth-order valence-corrected chi connectivity index (χ4v) is 5.46. The lowest BCUT2D eigenvalue weighted by Gasteiger charge is -2.21. The standard InChI is InChI=1S/C20H18Cl2FN3O3S/c21-13-2-7-17-16(12-13)18(22)19(24-17)20(27)25-8-1-9-26(11-10-25)30(28,29)15-5-3-14(23)4-6-15/h2-7,12,24H,1,8-11H2. The van der Waals surface area contributed by atoms with Crippen molar-refractivity contribution in [1.29, 1.82) is 0 Å². The Hall–Kier alpha value is -2.13. The monoisotopic (exact) mass is 469 g/mol. The maximum Gasteiger partial charge on any atom is 0.271 e. The zero-order chi connectivity index (χ0) is 21.5. The highest BCUT2D eigenvalue weighted by Crippen LogP contribution is 2.30. The van der Waals surface area contributed by atoms with Crippen molar-refractivity contribution >= 4 is 50.0 Å². The van der Waals surface area contributed by atoms with E-state index in [1.165, 1.54) is 16.4 Å². The van der Waals surface area contributed by atoms with Crippen LogP contribution in [0.2, 0.25) is 10.0 Å². The number of hydrogen-bond donors (Lipinski definition) is 1. The second-order valence-electron chi connectivity index (χ2n) is 7.01. The third kappa shape index (κ3) is 3.92. The number of aromatic nitrogens is 1. The lowest BCUT2D eigenvalue weighted by atomic mass is 10.2. The molecule has 6 nitrogen and oxygen atoms in total. The number of aromatic amines is 1. The van der Waals surface area contributed by atoms with Gasteiger partial charge in [0.25, 0.3) is 5.91 Å². The van der Waals surface area contributed by atoms with Crippen molar-refractivity contribution in [3.05, 3.63) is 64.0 Å². The smallest absolute Gasteiger partial charge is 0.271 e. The van der Waals surface area contributed by atoms with Gasteiger partial charge in [0.05, 0.1) is 9.92 Å². The predicted octanol–water partition coefficient (Wildman–Crippen LogP) is 4.15. The quantitative estimate of drug-likeness (QED) is 0.625. The van der Waals surface area contributed by atoms with Crippen LogP contribution in [-0.4, -0.2) is 54.7 Å². The van der Waals surface area contributed by atoms with E-state index in [2.05, 4.69) is 4.98 Å². The lowest BCUT2D eigenvalue weighted by Crippen LogP contribution is -2.37. The Kier molecular flexibility index (Phi) is 5.76. The summed E-state index contributed by atoms with van der Waals surface area (Å²) in [6.07, 6.45) is 0.468. The molecule has 10 heteroatoms. The molecule has 4 rings (SSSR count). The Bertz CT molecular complexity index is 1210. The predicted molar refractivity (Wildman–Crippen MR) is 114 cm³/mol. The molecule has 1 aliphatic rings. The molecule has 30 heavy (non-hydrogen) atoms. The number of H-pyrrole nitrogens is 1. The minimum atomic E-state index is -3.77. The van der Waals surface area contributed by atoms with Gasteiger partial charge in [-0.25, -0.2) is 12.8 Å². The van der Waals surface area contributed by atoms with E-state index in [1.807, 2.05) is 0 Å². The molecule has 0 unspecified atom stereocenters. The second-order valence-corrected chi connectivity index (χ2v) is 9.76. The number of amides is 1. The van der Waals surface area contributed by atoms with E-state index in [0.717, 1.165) is 12.1 Å². The average Bonchev–Trinajstić information content (AvgIpc) is 2.90. The highest BCUT2D eigenvalue weighted by Gasteiger charge is 2.30. The number of carbonyl (C=O) groups excluding carboxylic acids is 1. The van der Waals surface area contributed by atoms with Crippen LogP contribution in [0.3, 0.4) is 0 Å². The Balaban J connectivity index is 1.54. The molecule has 1 aromatic heterocycles. The molecule has 1 saturated heterocycles. The normalized spacial score (nSPS) is 16.0. The number of nitrogens with zero attached hydrogens (tertiary/aromatic N) is 2. The summed E-state index contributed by atoms with van der Waals surface area (Å²) in [6.45, 7) is 1.00. The molecule has 0 saturated carbocycles. The van der Waals surface area contributed by atoms with Crippen LogP contribution in [0.15, 0.2) is 47.4 Å². The molecule has 1 N–H and O–H groups in total. The van der Waals surface area contributed by atoms with E-state index in [0.29, 0.717) is 28.9 Å². The van der Waals surface area contributed by atoms with Crippen molar-refractivity contribution in [2.45, 2.75) is 11.3 Å². The molecule has 2 aromatic carbocycles. The van der Waals surface area contributed by atoms with Crippen molar-refractivity contribution in [3.63, 3.8) is 0 Å². The SMILES string of the molecule is O=C(c1[nH]c2ccc(Cl)cc2c1Cl)N1CCCN(S(=O)(=O)c2ccc(F)cc2)CC1. The molecule has 1 fully saturated rings. The van der Waals surface area contributed by atoms with Gasteiger partial charge in [0, 0.05) is 42.1 Å². The van der Waals surface area contributed by atoms with Crippen molar-refractivity contribution < 1.29 is 17.6 Å².